The van der Waals surface area contributed by atoms with Crippen LogP contribution in [0.4, 0.5) is 11.4 Å². The van der Waals surface area contributed by atoms with Crippen molar-refractivity contribution in [2.75, 3.05) is 6.61 Å². The molecule has 134 valence electrons. The van der Waals surface area contributed by atoms with Gasteiger partial charge in [0.2, 0.25) is 0 Å². The van der Waals surface area contributed by atoms with Gasteiger partial charge in [-0.2, -0.15) is 5.10 Å². The number of ether oxygens (including phenoxy) is 1. The van der Waals surface area contributed by atoms with Crippen molar-refractivity contribution in [2.24, 2.45) is 5.10 Å². The smallest absolute Gasteiger partial charge is 0.311 e. The van der Waals surface area contributed by atoms with Gasteiger partial charge >= 0.3 is 5.69 Å². The summed E-state index contributed by atoms with van der Waals surface area (Å²) in [7, 11) is 0. The Kier molecular flexibility index (Phi) is 5.93. The third-order valence-electron chi connectivity index (χ3n) is 3.20. The number of hydrogen-bond donors (Lipinski definition) is 1. The van der Waals surface area contributed by atoms with Crippen LogP contribution in [0.1, 0.15) is 11.1 Å². The molecular weight excluding hydrogens is 344 g/mol. The first-order valence-corrected chi connectivity index (χ1v) is 7.31. The van der Waals surface area contributed by atoms with Crippen LogP contribution in [0.15, 0.2) is 47.6 Å². The van der Waals surface area contributed by atoms with Gasteiger partial charge in [-0.1, -0.05) is 18.2 Å². The van der Waals surface area contributed by atoms with E-state index in [2.05, 4.69) is 10.5 Å². The van der Waals surface area contributed by atoms with Gasteiger partial charge in [0.25, 0.3) is 11.6 Å². The van der Waals surface area contributed by atoms with Crippen molar-refractivity contribution in [1.82, 2.24) is 5.43 Å². The molecule has 2 rings (SSSR count). The van der Waals surface area contributed by atoms with Crippen molar-refractivity contribution in [2.45, 2.75) is 6.92 Å². The Morgan fingerprint density at radius 3 is 2.54 bits per heavy atom. The summed E-state index contributed by atoms with van der Waals surface area (Å²) in [6.45, 7) is 1.19. The number of amides is 1. The SMILES string of the molecule is Cc1ccc(OCC(=O)N/N=C/c2ccccc2[N+](=O)[O-])c([N+](=O)[O-])c1. The second kappa shape index (κ2) is 8.33. The van der Waals surface area contributed by atoms with Gasteiger partial charge in [0.1, 0.15) is 0 Å². The van der Waals surface area contributed by atoms with Crippen molar-refractivity contribution >= 4 is 23.5 Å². The van der Waals surface area contributed by atoms with Crippen molar-refractivity contribution in [3.63, 3.8) is 0 Å². The minimum absolute atomic E-state index is 0.0431. The van der Waals surface area contributed by atoms with Gasteiger partial charge in [0.05, 0.1) is 21.6 Å². The second-order valence-electron chi connectivity index (χ2n) is 5.13. The lowest BCUT2D eigenvalue weighted by Crippen LogP contribution is -2.24. The minimum Gasteiger partial charge on any atom is -0.477 e. The topological polar surface area (TPSA) is 137 Å². The highest BCUT2D eigenvalue weighted by Gasteiger charge is 2.16. The van der Waals surface area contributed by atoms with Crippen molar-refractivity contribution < 1.29 is 19.4 Å². The number of carbonyl (C=O) groups is 1. The van der Waals surface area contributed by atoms with Crippen LogP contribution in [0.25, 0.3) is 0 Å². The lowest BCUT2D eigenvalue weighted by atomic mass is 10.2. The molecule has 1 N–H and O–H groups in total. The number of nitro groups is 2. The Balaban J connectivity index is 1.96. The molecule has 0 saturated carbocycles. The molecule has 0 aliphatic carbocycles. The van der Waals surface area contributed by atoms with Crippen LogP contribution in [0.3, 0.4) is 0 Å². The summed E-state index contributed by atoms with van der Waals surface area (Å²) in [5, 5.41) is 25.5. The van der Waals surface area contributed by atoms with E-state index in [-0.39, 0.29) is 22.7 Å². The maximum absolute atomic E-state index is 11.7. The number of para-hydroxylation sites is 1. The fourth-order valence-electron chi connectivity index (χ4n) is 2.00. The summed E-state index contributed by atoms with van der Waals surface area (Å²) in [6, 6.07) is 10.2. The Bertz CT molecular complexity index is 881. The summed E-state index contributed by atoms with van der Waals surface area (Å²) in [4.78, 5) is 32.4. The summed E-state index contributed by atoms with van der Waals surface area (Å²) in [6.07, 6.45) is 1.13. The molecule has 0 aromatic heterocycles. The average molecular weight is 358 g/mol. The zero-order valence-electron chi connectivity index (χ0n) is 13.6. The molecule has 0 spiro atoms. The van der Waals surface area contributed by atoms with E-state index in [4.69, 9.17) is 4.74 Å². The maximum Gasteiger partial charge on any atom is 0.311 e. The number of hydrogen-bond acceptors (Lipinski definition) is 7. The van der Waals surface area contributed by atoms with E-state index in [1.807, 2.05) is 0 Å². The molecule has 0 fully saturated rings. The Morgan fingerprint density at radius 1 is 1.15 bits per heavy atom. The molecule has 26 heavy (non-hydrogen) atoms. The fourth-order valence-corrected chi connectivity index (χ4v) is 2.00. The lowest BCUT2D eigenvalue weighted by Gasteiger charge is -2.06. The Morgan fingerprint density at radius 2 is 1.85 bits per heavy atom. The van der Waals surface area contributed by atoms with Crippen molar-refractivity contribution in [3.05, 3.63) is 73.8 Å². The third-order valence-corrected chi connectivity index (χ3v) is 3.20. The molecule has 0 heterocycles. The van der Waals surface area contributed by atoms with E-state index in [1.165, 1.54) is 30.3 Å². The quantitative estimate of drug-likeness (QED) is 0.458. The molecule has 0 unspecified atom stereocenters. The zero-order chi connectivity index (χ0) is 19.1. The van der Waals surface area contributed by atoms with Gasteiger partial charge in [-0.15, -0.1) is 0 Å². The largest absolute Gasteiger partial charge is 0.477 e. The number of benzene rings is 2. The molecule has 0 saturated heterocycles. The highest BCUT2D eigenvalue weighted by molar-refractivity contribution is 5.86. The summed E-state index contributed by atoms with van der Waals surface area (Å²) < 4.78 is 5.14. The normalized spacial score (nSPS) is 10.5. The number of rotatable bonds is 7. The molecule has 0 bridgehead atoms. The number of nitro benzene ring substituents is 2. The number of nitrogens with zero attached hydrogens (tertiary/aromatic N) is 3. The van der Waals surface area contributed by atoms with Crippen LogP contribution in [0.5, 0.6) is 5.75 Å². The zero-order valence-corrected chi connectivity index (χ0v) is 13.6. The van der Waals surface area contributed by atoms with E-state index >= 15 is 0 Å². The number of carbonyl (C=O) groups excluding carboxylic acids is 1. The first-order valence-electron chi connectivity index (χ1n) is 7.31. The van der Waals surface area contributed by atoms with Gasteiger partial charge in [0.15, 0.2) is 12.4 Å². The van der Waals surface area contributed by atoms with Gasteiger partial charge < -0.3 is 4.74 Å². The molecule has 2 aromatic rings. The first-order chi connectivity index (χ1) is 12.4. The van der Waals surface area contributed by atoms with Gasteiger partial charge in [-0.3, -0.25) is 25.0 Å². The highest BCUT2D eigenvalue weighted by atomic mass is 16.6. The van der Waals surface area contributed by atoms with E-state index in [9.17, 15) is 25.0 Å². The second-order valence-corrected chi connectivity index (χ2v) is 5.13. The molecule has 10 nitrogen and oxygen atoms in total. The Labute approximate surface area is 147 Å². The summed E-state index contributed by atoms with van der Waals surface area (Å²) >= 11 is 0. The highest BCUT2D eigenvalue weighted by Crippen LogP contribution is 2.27. The number of aryl methyl sites for hydroxylation is 1. The van der Waals surface area contributed by atoms with E-state index in [1.54, 1.807) is 19.1 Å². The molecule has 10 heteroatoms. The predicted octanol–water partition coefficient (Wildman–Crippen LogP) is 2.34. The molecule has 0 radical (unpaired) electrons. The van der Waals surface area contributed by atoms with Crippen molar-refractivity contribution in [1.29, 1.82) is 0 Å². The Hall–Kier alpha value is -3.82. The molecular formula is C16H14N4O6. The van der Waals surface area contributed by atoms with E-state index in [0.717, 1.165) is 6.21 Å². The lowest BCUT2D eigenvalue weighted by molar-refractivity contribution is -0.385. The summed E-state index contributed by atoms with van der Waals surface area (Å²) in [5.41, 5.74) is 2.63. The monoisotopic (exact) mass is 358 g/mol. The minimum atomic E-state index is -0.672. The first kappa shape index (κ1) is 18.5. The van der Waals surface area contributed by atoms with Gasteiger partial charge in [-0.25, -0.2) is 5.43 Å². The predicted molar refractivity (Wildman–Crippen MR) is 92.2 cm³/mol. The molecule has 0 aliphatic heterocycles. The fraction of sp³-hybridized carbons (Fsp3) is 0.125. The molecule has 2 aromatic carbocycles. The molecule has 1 amide bonds. The van der Waals surface area contributed by atoms with Crippen LogP contribution >= 0.6 is 0 Å². The molecule has 0 aliphatic rings. The third kappa shape index (κ3) is 4.84. The van der Waals surface area contributed by atoms with Crippen LogP contribution in [0.2, 0.25) is 0 Å². The van der Waals surface area contributed by atoms with Crippen LogP contribution in [-0.2, 0) is 4.79 Å². The van der Waals surface area contributed by atoms with Gasteiger partial charge in [-0.05, 0) is 24.6 Å². The molecule has 0 atom stereocenters. The maximum atomic E-state index is 11.7. The number of nitrogens with one attached hydrogen (secondary N) is 1. The van der Waals surface area contributed by atoms with E-state index < -0.39 is 22.4 Å². The van der Waals surface area contributed by atoms with Gasteiger partial charge in [0, 0.05) is 12.1 Å². The van der Waals surface area contributed by atoms with Crippen molar-refractivity contribution in [3.8, 4) is 5.75 Å². The van der Waals surface area contributed by atoms with Crippen LogP contribution < -0.4 is 10.2 Å². The number of hydrazone groups is 1. The summed E-state index contributed by atoms with van der Waals surface area (Å²) in [5.74, 6) is -0.715. The van der Waals surface area contributed by atoms with Crippen LogP contribution in [0, 0.1) is 27.2 Å². The average Bonchev–Trinajstić information content (AvgIpc) is 2.60. The van der Waals surface area contributed by atoms with E-state index in [0.29, 0.717) is 5.56 Å². The van der Waals surface area contributed by atoms with Crippen LogP contribution in [-0.4, -0.2) is 28.6 Å². The standard InChI is InChI=1S/C16H14N4O6/c1-11-6-7-15(14(8-11)20(24)25)26-10-16(21)18-17-9-12-4-2-3-5-13(12)19(22)23/h2-9H,10H2,1H3,(H,18,21)/b17-9+.